The van der Waals surface area contributed by atoms with Crippen molar-refractivity contribution in [1.82, 2.24) is 5.43 Å². The minimum atomic E-state index is -0.224. The summed E-state index contributed by atoms with van der Waals surface area (Å²) in [7, 11) is 2.16. The minimum absolute atomic E-state index is 0.145. The highest BCUT2D eigenvalue weighted by atomic mass is 79.9. The van der Waals surface area contributed by atoms with Gasteiger partial charge in [-0.3, -0.25) is 4.79 Å². The Bertz CT molecular complexity index is 904. The molecule has 2 aromatic carbocycles. The number of anilines is 1. The summed E-state index contributed by atoms with van der Waals surface area (Å²) in [5.41, 5.74) is 8.12. The van der Waals surface area contributed by atoms with Crippen molar-refractivity contribution in [3.05, 3.63) is 63.1 Å². The second-order valence-electron chi connectivity index (χ2n) is 7.95. The molecule has 1 aliphatic rings. The third kappa shape index (κ3) is 4.08. The second kappa shape index (κ2) is 7.47. The topological polar surface area (TPSA) is 44.7 Å². The molecule has 5 heteroatoms. The first-order valence-corrected chi connectivity index (χ1v) is 9.95. The lowest BCUT2D eigenvalue weighted by Crippen LogP contribution is -2.45. The maximum Gasteiger partial charge on any atom is 0.271 e. The van der Waals surface area contributed by atoms with Crippen LogP contribution in [-0.4, -0.2) is 24.7 Å². The van der Waals surface area contributed by atoms with Gasteiger partial charge >= 0.3 is 0 Å². The van der Waals surface area contributed by atoms with Crippen LogP contribution in [0.5, 0.6) is 0 Å². The van der Waals surface area contributed by atoms with E-state index >= 15 is 0 Å². The van der Waals surface area contributed by atoms with Gasteiger partial charge in [0.1, 0.15) is 0 Å². The maximum atomic E-state index is 12.2. The Hall–Kier alpha value is -2.14. The Morgan fingerprint density at radius 3 is 2.78 bits per heavy atom. The summed E-state index contributed by atoms with van der Waals surface area (Å²) in [5, 5.41) is 4.18. The second-order valence-corrected chi connectivity index (χ2v) is 8.87. The fraction of sp³-hybridized carbons (Fsp3) is 0.364. The van der Waals surface area contributed by atoms with E-state index in [1.54, 1.807) is 18.3 Å². The molecule has 0 saturated heterocycles. The Kier molecular flexibility index (Phi) is 5.43. The standard InChI is InChI=1S/C22H26BrN3O/c1-14-9-20-19(15(2)12-22(3,4)26(20)5)11-17(14)13-24-25-21(27)16-7-6-8-18(23)10-16/h6-11,13,15H,12H2,1-5H3,(H,25,27)/b24-13+. The van der Waals surface area contributed by atoms with Crippen LogP contribution in [0.2, 0.25) is 0 Å². The van der Waals surface area contributed by atoms with Gasteiger partial charge in [0.25, 0.3) is 5.91 Å². The highest BCUT2D eigenvalue weighted by molar-refractivity contribution is 9.10. The largest absolute Gasteiger partial charge is 0.369 e. The predicted molar refractivity (Wildman–Crippen MR) is 116 cm³/mol. The Morgan fingerprint density at radius 1 is 1.33 bits per heavy atom. The van der Waals surface area contributed by atoms with Crippen molar-refractivity contribution in [3.63, 3.8) is 0 Å². The van der Waals surface area contributed by atoms with Crippen LogP contribution in [0.25, 0.3) is 0 Å². The predicted octanol–water partition coefficient (Wildman–Crippen LogP) is 5.24. The summed E-state index contributed by atoms with van der Waals surface area (Å²) < 4.78 is 0.866. The van der Waals surface area contributed by atoms with Crippen molar-refractivity contribution in [2.75, 3.05) is 11.9 Å². The van der Waals surface area contributed by atoms with Crippen LogP contribution in [0.1, 0.15) is 60.2 Å². The fourth-order valence-electron chi connectivity index (χ4n) is 3.73. The molecule has 1 heterocycles. The van der Waals surface area contributed by atoms with Crippen LogP contribution < -0.4 is 10.3 Å². The van der Waals surface area contributed by atoms with Crippen LogP contribution in [0.3, 0.4) is 0 Å². The third-order valence-electron chi connectivity index (χ3n) is 5.48. The zero-order chi connectivity index (χ0) is 19.8. The monoisotopic (exact) mass is 427 g/mol. The molecule has 3 rings (SSSR count). The van der Waals surface area contributed by atoms with E-state index in [9.17, 15) is 4.79 Å². The molecule has 2 aromatic rings. The molecule has 4 nitrogen and oxygen atoms in total. The zero-order valence-electron chi connectivity index (χ0n) is 16.5. The summed E-state index contributed by atoms with van der Waals surface area (Å²) in [6.45, 7) is 8.93. The van der Waals surface area contributed by atoms with E-state index < -0.39 is 0 Å². The number of fused-ring (bicyclic) bond motifs is 1. The number of halogens is 1. The van der Waals surface area contributed by atoms with E-state index in [4.69, 9.17) is 0 Å². The first kappa shape index (κ1) is 19.6. The molecule has 0 spiro atoms. The van der Waals surface area contributed by atoms with Crippen molar-refractivity contribution in [1.29, 1.82) is 0 Å². The van der Waals surface area contributed by atoms with E-state index in [1.165, 1.54) is 11.3 Å². The number of hydrogen-bond donors (Lipinski definition) is 1. The van der Waals surface area contributed by atoms with E-state index in [2.05, 4.69) is 78.2 Å². The van der Waals surface area contributed by atoms with E-state index in [0.29, 0.717) is 11.5 Å². The maximum absolute atomic E-state index is 12.2. The van der Waals surface area contributed by atoms with Gasteiger partial charge in [0.15, 0.2) is 0 Å². The van der Waals surface area contributed by atoms with Gasteiger partial charge in [-0.15, -0.1) is 0 Å². The van der Waals surface area contributed by atoms with Crippen molar-refractivity contribution in [2.24, 2.45) is 5.10 Å². The molecule has 1 amide bonds. The van der Waals surface area contributed by atoms with Crippen LogP contribution >= 0.6 is 15.9 Å². The first-order chi connectivity index (χ1) is 12.7. The molecule has 1 atom stereocenters. The van der Waals surface area contributed by atoms with Gasteiger partial charge in [0, 0.05) is 28.3 Å². The van der Waals surface area contributed by atoms with Crippen LogP contribution in [0.4, 0.5) is 5.69 Å². The number of hydrogen-bond acceptors (Lipinski definition) is 3. The summed E-state index contributed by atoms with van der Waals surface area (Å²) >= 11 is 3.38. The van der Waals surface area contributed by atoms with Crippen LogP contribution in [0.15, 0.2) is 46.0 Å². The molecule has 0 aromatic heterocycles. The Labute approximate surface area is 169 Å². The van der Waals surface area contributed by atoms with Crippen LogP contribution in [0, 0.1) is 6.92 Å². The molecular formula is C22H26BrN3O. The van der Waals surface area contributed by atoms with Gasteiger partial charge in [0.2, 0.25) is 0 Å². The number of benzene rings is 2. The quantitative estimate of drug-likeness (QED) is 0.537. The molecule has 1 N–H and O–H groups in total. The Balaban J connectivity index is 1.81. The number of rotatable bonds is 3. The number of nitrogens with one attached hydrogen (secondary N) is 1. The number of carbonyl (C=O) groups is 1. The number of carbonyl (C=O) groups excluding carboxylic acids is 1. The van der Waals surface area contributed by atoms with E-state index in [1.807, 2.05) is 12.1 Å². The molecule has 1 aliphatic heterocycles. The molecule has 0 fully saturated rings. The van der Waals surface area contributed by atoms with Gasteiger partial charge in [-0.05, 0) is 80.1 Å². The molecule has 142 valence electrons. The smallest absolute Gasteiger partial charge is 0.271 e. The highest BCUT2D eigenvalue weighted by Crippen LogP contribution is 2.43. The average molecular weight is 428 g/mol. The summed E-state index contributed by atoms with van der Waals surface area (Å²) in [6, 6.07) is 11.7. The van der Waals surface area contributed by atoms with Crippen molar-refractivity contribution >= 4 is 33.7 Å². The number of nitrogens with zero attached hydrogens (tertiary/aromatic N) is 2. The molecule has 0 aliphatic carbocycles. The number of hydrazone groups is 1. The summed E-state index contributed by atoms with van der Waals surface area (Å²) in [5.74, 6) is 0.258. The molecule has 0 bridgehead atoms. The highest BCUT2D eigenvalue weighted by Gasteiger charge is 2.34. The van der Waals surface area contributed by atoms with Crippen molar-refractivity contribution in [3.8, 4) is 0 Å². The third-order valence-corrected chi connectivity index (χ3v) is 5.97. The molecule has 0 radical (unpaired) electrons. The molecule has 1 unspecified atom stereocenters. The fourth-order valence-corrected chi connectivity index (χ4v) is 4.13. The first-order valence-electron chi connectivity index (χ1n) is 9.16. The van der Waals surface area contributed by atoms with E-state index in [-0.39, 0.29) is 11.4 Å². The van der Waals surface area contributed by atoms with E-state index in [0.717, 1.165) is 22.0 Å². The van der Waals surface area contributed by atoms with Crippen molar-refractivity contribution in [2.45, 2.75) is 45.6 Å². The minimum Gasteiger partial charge on any atom is -0.369 e. The number of aryl methyl sites for hydroxylation is 1. The summed E-state index contributed by atoms with van der Waals surface area (Å²) in [4.78, 5) is 14.6. The molecule has 27 heavy (non-hydrogen) atoms. The van der Waals surface area contributed by atoms with Gasteiger partial charge in [-0.1, -0.05) is 28.9 Å². The SMILES string of the molecule is Cc1cc2c(cc1/C=N/NC(=O)c1cccc(Br)c1)C(C)CC(C)(C)N2C. The van der Waals surface area contributed by atoms with Gasteiger partial charge in [-0.2, -0.15) is 5.10 Å². The normalized spacial score (nSPS) is 18.4. The van der Waals surface area contributed by atoms with Gasteiger partial charge in [-0.25, -0.2) is 5.43 Å². The zero-order valence-corrected chi connectivity index (χ0v) is 18.1. The lowest BCUT2D eigenvalue weighted by atomic mass is 9.79. The average Bonchev–Trinajstić information content (AvgIpc) is 2.60. The molecular weight excluding hydrogens is 402 g/mol. The Morgan fingerprint density at radius 2 is 2.07 bits per heavy atom. The molecule has 0 saturated carbocycles. The lowest BCUT2D eigenvalue weighted by molar-refractivity contribution is 0.0955. The summed E-state index contributed by atoms with van der Waals surface area (Å²) in [6.07, 6.45) is 2.84. The number of amides is 1. The van der Waals surface area contributed by atoms with Crippen LogP contribution in [-0.2, 0) is 0 Å². The van der Waals surface area contributed by atoms with Crippen molar-refractivity contribution < 1.29 is 4.79 Å². The lowest BCUT2D eigenvalue weighted by Gasteiger charge is -2.45. The van der Waals surface area contributed by atoms with Gasteiger partial charge in [0.05, 0.1) is 6.21 Å². The van der Waals surface area contributed by atoms with Gasteiger partial charge < -0.3 is 4.90 Å².